The molecule has 0 saturated carbocycles. The molecule has 1 unspecified atom stereocenters. The Morgan fingerprint density at radius 1 is 1.45 bits per heavy atom. The van der Waals surface area contributed by atoms with E-state index >= 15 is 0 Å². The van der Waals surface area contributed by atoms with Gasteiger partial charge in [-0.25, -0.2) is 0 Å². The van der Waals surface area contributed by atoms with E-state index in [9.17, 15) is 4.57 Å². The van der Waals surface area contributed by atoms with Crippen molar-refractivity contribution in [3.8, 4) is 0 Å². The van der Waals surface area contributed by atoms with Crippen molar-refractivity contribution in [1.29, 1.82) is 0 Å². The van der Waals surface area contributed by atoms with Gasteiger partial charge in [0.05, 0.1) is 6.61 Å². The number of rotatable bonds is 5. The van der Waals surface area contributed by atoms with Crippen LogP contribution in [-0.4, -0.2) is 19.9 Å². The third kappa shape index (κ3) is 4.57. The standard InChI is InChI=1S/C7H17O3P/c1-5-11(8,9-4)10-6-7(2)3/h7H,5-6H2,1-4H3. The Hall–Kier alpha value is 0.150. The van der Waals surface area contributed by atoms with Crippen LogP contribution in [0.2, 0.25) is 0 Å². The van der Waals surface area contributed by atoms with Gasteiger partial charge in [0, 0.05) is 13.3 Å². The number of hydrogen-bond donors (Lipinski definition) is 0. The Labute approximate surface area is 68.6 Å². The molecule has 11 heavy (non-hydrogen) atoms. The quantitative estimate of drug-likeness (QED) is 0.610. The summed E-state index contributed by atoms with van der Waals surface area (Å²) in [4.78, 5) is 0. The normalized spacial score (nSPS) is 16.8. The first-order chi connectivity index (χ1) is 5.04. The van der Waals surface area contributed by atoms with E-state index in [-0.39, 0.29) is 0 Å². The van der Waals surface area contributed by atoms with Crippen molar-refractivity contribution in [3.05, 3.63) is 0 Å². The van der Waals surface area contributed by atoms with Gasteiger partial charge >= 0.3 is 7.60 Å². The zero-order chi connectivity index (χ0) is 8.91. The summed E-state index contributed by atoms with van der Waals surface area (Å²) in [5.41, 5.74) is 0. The Morgan fingerprint density at radius 3 is 2.27 bits per heavy atom. The predicted molar refractivity (Wildman–Crippen MR) is 45.9 cm³/mol. The van der Waals surface area contributed by atoms with Crippen LogP contribution in [0.4, 0.5) is 0 Å². The van der Waals surface area contributed by atoms with E-state index in [2.05, 4.69) is 0 Å². The van der Waals surface area contributed by atoms with Crippen LogP contribution in [0.25, 0.3) is 0 Å². The smallest absolute Gasteiger partial charge is 0.312 e. The second-order valence-corrected chi connectivity index (χ2v) is 5.28. The maximum atomic E-state index is 11.4. The molecule has 0 rings (SSSR count). The van der Waals surface area contributed by atoms with Crippen molar-refractivity contribution in [3.63, 3.8) is 0 Å². The summed E-state index contributed by atoms with van der Waals surface area (Å²) in [6.45, 7) is 6.31. The molecular formula is C7H17O3P. The van der Waals surface area contributed by atoms with E-state index in [0.717, 1.165) is 0 Å². The highest BCUT2D eigenvalue weighted by molar-refractivity contribution is 7.53. The van der Waals surface area contributed by atoms with Crippen LogP contribution in [0.1, 0.15) is 20.8 Å². The summed E-state index contributed by atoms with van der Waals surface area (Å²) in [7, 11) is -1.31. The summed E-state index contributed by atoms with van der Waals surface area (Å²) >= 11 is 0. The molecule has 0 aliphatic carbocycles. The Balaban J connectivity index is 3.79. The summed E-state index contributed by atoms with van der Waals surface area (Å²) in [5.74, 6) is 0.394. The van der Waals surface area contributed by atoms with Gasteiger partial charge in [-0.3, -0.25) is 4.57 Å². The Morgan fingerprint density at radius 2 is 2.00 bits per heavy atom. The molecule has 0 aromatic carbocycles. The van der Waals surface area contributed by atoms with Gasteiger partial charge in [-0.2, -0.15) is 0 Å². The SMILES string of the molecule is CCP(=O)(OC)OCC(C)C. The average Bonchev–Trinajstić information content (AvgIpc) is 2.00. The van der Waals surface area contributed by atoms with Gasteiger partial charge in [-0.05, 0) is 5.92 Å². The van der Waals surface area contributed by atoms with Crippen LogP contribution in [-0.2, 0) is 13.6 Å². The highest BCUT2D eigenvalue weighted by Crippen LogP contribution is 2.46. The molecule has 0 radical (unpaired) electrons. The highest BCUT2D eigenvalue weighted by atomic mass is 31.2. The van der Waals surface area contributed by atoms with Crippen LogP contribution in [0.3, 0.4) is 0 Å². The lowest BCUT2D eigenvalue weighted by Gasteiger charge is -2.15. The molecule has 0 heterocycles. The topological polar surface area (TPSA) is 35.5 Å². The molecule has 3 nitrogen and oxygen atoms in total. The lowest BCUT2D eigenvalue weighted by molar-refractivity contribution is 0.211. The molecule has 0 saturated heterocycles. The first-order valence-electron chi connectivity index (χ1n) is 3.83. The molecule has 0 aliphatic heterocycles. The van der Waals surface area contributed by atoms with Crippen LogP contribution < -0.4 is 0 Å². The van der Waals surface area contributed by atoms with Crippen molar-refractivity contribution < 1.29 is 13.6 Å². The van der Waals surface area contributed by atoms with Crippen molar-refractivity contribution in [1.82, 2.24) is 0 Å². The van der Waals surface area contributed by atoms with Crippen molar-refractivity contribution in [2.45, 2.75) is 20.8 Å². The first-order valence-corrected chi connectivity index (χ1v) is 5.56. The van der Waals surface area contributed by atoms with Crippen LogP contribution in [0.15, 0.2) is 0 Å². The highest BCUT2D eigenvalue weighted by Gasteiger charge is 2.19. The van der Waals surface area contributed by atoms with Gasteiger partial charge < -0.3 is 9.05 Å². The summed E-state index contributed by atoms with van der Waals surface area (Å²) in [6.07, 6.45) is 0.441. The lowest BCUT2D eigenvalue weighted by atomic mass is 10.2. The third-order valence-corrected chi connectivity index (χ3v) is 3.14. The van der Waals surface area contributed by atoms with Gasteiger partial charge in [0.25, 0.3) is 0 Å². The Kier molecular flexibility index (Phi) is 4.98. The summed E-state index contributed by atoms with van der Waals surface area (Å²) < 4.78 is 21.3. The van der Waals surface area contributed by atoms with Crippen molar-refractivity contribution in [2.75, 3.05) is 19.9 Å². The van der Waals surface area contributed by atoms with Gasteiger partial charge in [-0.15, -0.1) is 0 Å². The predicted octanol–water partition coefficient (Wildman–Crippen LogP) is 2.52. The van der Waals surface area contributed by atoms with E-state index < -0.39 is 7.60 Å². The minimum absolute atomic E-state index is 0.394. The molecule has 0 aliphatic rings. The van der Waals surface area contributed by atoms with E-state index in [0.29, 0.717) is 18.7 Å². The second-order valence-electron chi connectivity index (χ2n) is 2.80. The van der Waals surface area contributed by atoms with E-state index in [1.165, 1.54) is 7.11 Å². The molecule has 68 valence electrons. The zero-order valence-corrected chi connectivity index (χ0v) is 8.56. The molecule has 0 amide bonds. The lowest BCUT2D eigenvalue weighted by Crippen LogP contribution is -2.02. The summed E-state index contributed by atoms with van der Waals surface area (Å²) in [5, 5.41) is 0. The number of hydrogen-bond acceptors (Lipinski definition) is 3. The molecule has 0 N–H and O–H groups in total. The Bertz CT molecular complexity index is 137. The van der Waals surface area contributed by atoms with Gasteiger partial charge in [0.1, 0.15) is 0 Å². The fraction of sp³-hybridized carbons (Fsp3) is 1.00. The van der Waals surface area contributed by atoms with Crippen LogP contribution in [0.5, 0.6) is 0 Å². The van der Waals surface area contributed by atoms with Crippen molar-refractivity contribution >= 4 is 7.60 Å². The fourth-order valence-corrected chi connectivity index (χ4v) is 1.61. The van der Waals surface area contributed by atoms with Crippen molar-refractivity contribution in [2.24, 2.45) is 5.92 Å². The summed E-state index contributed by atoms with van der Waals surface area (Å²) in [6, 6.07) is 0. The molecular weight excluding hydrogens is 163 g/mol. The second kappa shape index (κ2) is 4.91. The molecule has 0 bridgehead atoms. The maximum Gasteiger partial charge on any atom is 0.330 e. The fourth-order valence-electron chi connectivity index (χ4n) is 0.536. The maximum absolute atomic E-state index is 11.4. The molecule has 1 atom stereocenters. The molecule has 0 fully saturated rings. The minimum atomic E-state index is -2.74. The first kappa shape index (κ1) is 11.2. The van der Waals surface area contributed by atoms with E-state index in [1.54, 1.807) is 6.92 Å². The van der Waals surface area contributed by atoms with E-state index in [4.69, 9.17) is 9.05 Å². The molecule has 0 aromatic rings. The molecule has 0 aromatic heterocycles. The van der Waals surface area contributed by atoms with Gasteiger partial charge in [0.15, 0.2) is 0 Å². The van der Waals surface area contributed by atoms with Gasteiger partial charge in [0.2, 0.25) is 0 Å². The third-order valence-electron chi connectivity index (χ3n) is 1.27. The molecule has 0 spiro atoms. The van der Waals surface area contributed by atoms with Crippen LogP contribution >= 0.6 is 7.60 Å². The molecule has 4 heteroatoms. The minimum Gasteiger partial charge on any atom is -0.312 e. The van der Waals surface area contributed by atoms with Gasteiger partial charge in [-0.1, -0.05) is 20.8 Å². The monoisotopic (exact) mass is 180 g/mol. The zero-order valence-electron chi connectivity index (χ0n) is 7.66. The van der Waals surface area contributed by atoms with Crippen LogP contribution in [0, 0.1) is 5.92 Å². The van der Waals surface area contributed by atoms with E-state index in [1.807, 2.05) is 13.8 Å². The average molecular weight is 180 g/mol. The largest absolute Gasteiger partial charge is 0.330 e.